The number of ketones is 1. The maximum Gasteiger partial charge on any atom is 0.348 e. The number of hydrogen-bond acceptors (Lipinski definition) is 6. The first-order chi connectivity index (χ1) is 12.5. The molecule has 26 heavy (non-hydrogen) atoms. The van der Waals surface area contributed by atoms with Crippen molar-refractivity contribution in [2.24, 2.45) is 0 Å². The Labute approximate surface area is 156 Å². The van der Waals surface area contributed by atoms with Gasteiger partial charge in [-0.05, 0) is 18.9 Å². The molecule has 0 saturated carbocycles. The Morgan fingerprint density at radius 1 is 1.08 bits per heavy atom. The zero-order valence-corrected chi connectivity index (χ0v) is 15.7. The van der Waals surface area contributed by atoms with E-state index in [2.05, 4.69) is 0 Å². The second-order valence-electron chi connectivity index (χ2n) is 5.98. The van der Waals surface area contributed by atoms with Crippen molar-refractivity contribution < 1.29 is 22.7 Å². The van der Waals surface area contributed by atoms with Crippen molar-refractivity contribution in [2.75, 3.05) is 19.7 Å². The van der Waals surface area contributed by atoms with Crippen LogP contribution in [0.15, 0.2) is 46.7 Å². The standard InChI is InChI=1S/C18H19NO5S2/c20-16(14-7-3-1-4-8-14)12-24-18(21)17-11-15(13-25-17)26(22,23)19-9-5-2-6-10-19/h1,3-4,7-8,11,13H,2,5-6,9-10,12H2. The second kappa shape index (κ2) is 8.11. The van der Waals surface area contributed by atoms with Crippen LogP contribution < -0.4 is 0 Å². The number of sulfonamides is 1. The monoisotopic (exact) mass is 393 g/mol. The van der Waals surface area contributed by atoms with E-state index in [1.807, 2.05) is 0 Å². The molecule has 1 saturated heterocycles. The Kier molecular flexibility index (Phi) is 5.85. The molecule has 6 nitrogen and oxygen atoms in total. The van der Waals surface area contributed by atoms with E-state index >= 15 is 0 Å². The summed E-state index contributed by atoms with van der Waals surface area (Å²) in [6.45, 7) is 0.627. The molecule has 2 heterocycles. The van der Waals surface area contributed by atoms with Crippen molar-refractivity contribution in [1.29, 1.82) is 0 Å². The van der Waals surface area contributed by atoms with Crippen LogP contribution in [0.25, 0.3) is 0 Å². The fourth-order valence-electron chi connectivity index (χ4n) is 2.73. The normalized spacial score (nSPS) is 15.5. The lowest BCUT2D eigenvalue weighted by atomic mass is 10.1. The van der Waals surface area contributed by atoms with Gasteiger partial charge in [0.05, 0.1) is 4.90 Å². The molecule has 1 aromatic carbocycles. The molecule has 1 aliphatic heterocycles. The van der Waals surface area contributed by atoms with Crippen LogP contribution in [0.3, 0.4) is 0 Å². The minimum atomic E-state index is -3.58. The van der Waals surface area contributed by atoms with Gasteiger partial charge in [-0.1, -0.05) is 36.8 Å². The molecule has 2 aromatic rings. The second-order valence-corrected chi connectivity index (χ2v) is 8.83. The van der Waals surface area contributed by atoms with E-state index in [-0.39, 0.29) is 22.2 Å². The van der Waals surface area contributed by atoms with Crippen molar-refractivity contribution >= 4 is 33.1 Å². The number of Topliss-reactive ketones (excluding diaryl/α,β-unsaturated/α-hetero) is 1. The molecule has 1 fully saturated rings. The predicted octanol–water partition coefficient (Wildman–Crippen LogP) is 2.96. The fourth-order valence-corrected chi connectivity index (χ4v) is 5.40. The average molecular weight is 393 g/mol. The topological polar surface area (TPSA) is 80.8 Å². The van der Waals surface area contributed by atoms with Crippen molar-refractivity contribution in [3.63, 3.8) is 0 Å². The molecule has 8 heteroatoms. The van der Waals surface area contributed by atoms with Gasteiger partial charge < -0.3 is 4.74 Å². The van der Waals surface area contributed by atoms with E-state index in [1.54, 1.807) is 30.3 Å². The van der Waals surface area contributed by atoms with Crippen molar-refractivity contribution in [3.05, 3.63) is 52.2 Å². The van der Waals surface area contributed by atoms with Crippen LogP contribution in [-0.2, 0) is 14.8 Å². The summed E-state index contributed by atoms with van der Waals surface area (Å²) in [5.74, 6) is -1.00. The lowest BCUT2D eigenvalue weighted by Crippen LogP contribution is -2.35. The maximum atomic E-state index is 12.6. The number of carbonyl (C=O) groups excluding carboxylic acids is 2. The number of piperidine rings is 1. The van der Waals surface area contributed by atoms with E-state index in [0.29, 0.717) is 18.7 Å². The molecule has 1 aliphatic rings. The average Bonchev–Trinajstić information content (AvgIpc) is 3.18. The summed E-state index contributed by atoms with van der Waals surface area (Å²) < 4.78 is 31.7. The predicted molar refractivity (Wildman–Crippen MR) is 98.0 cm³/mol. The molecular formula is C18H19NO5S2. The highest BCUT2D eigenvalue weighted by atomic mass is 32.2. The summed E-state index contributed by atoms with van der Waals surface area (Å²) in [4.78, 5) is 24.4. The van der Waals surface area contributed by atoms with Crippen LogP contribution in [0.2, 0.25) is 0 Å². The highest BCUT2D eigenvalue weighted by molar-refractivity contribution is 7.89. The van der Waals surface area contributed by atoms with E-state index in [0.717, 1.165) is 30.6 Å². The molecule has 1 aromatic heterocycles. The Morgan fingerprint density at radius 2 is 1.77 bits per heavy atom. The van der Waals surface area contributed by atoms with Gasteiger partial charge in [-0.25, -0.2) is 13.2 Å². The van der Waals surface area contributed by atoms with Crippen LogP contribution in [0, 0.1) is 0 Å². The zero-order valence-electron chi connectivity index (χ0n) is 14.1. The van der Waals surface area contributed by atoms with Gasteiger partial charge in [0.25, 0.3) is 0 Å². The summed E-state index contributed by atoms with van der Waals surface area (Å²) >= 11 is 1.00. The number of ether oxygens (including phenoxy) is 1. The van der Waals surface area contributed by atoms with Gasteiger partial charge in [-0.3, -0.25) is 4.79 Å². The Bertz CT molecular complexity index is 883. The molecule has 0 aliphatic carbocycles. The number of benzene rings is 1. The molecule has 0 unspecified atom stereocenters. The molecule has 0 bridgehead atoms. The van der Waals surface area contributed by atoms with Crippen molar-refractivity contribution in [1.82, 2.24) is 4.31 Å². The van der Waals surface area contributed by atoms with E-state index < -0.39 is 16.0 Å². The molecule has 138 valence electrons. The van der Waals surface area contributed by atoms with Crippen molar-refractivity contribution in [2.45, 2.75) is 24.2 Å². The lowest BCUT2D eigenvalue weighted by molar-refractivity contribution is 0.0479. The van der Waals surface area contributed by atoms with Gasteiger partial charge >= 0.3 is 5.97 Å². The largest absolute Gasteiger partial charge is 0.453 e. The van der Waals surface area contributed by atoms with Crippen LogP contribution in [0.4, 0.5) is 0 Å². The third-order valence-corrected chi connectivity index (χ3v) is 7.10. The van der Waals surface area contributed by atoms with Crippen molar-refractivity contribution in [3.8, 4) is 0 Å². The van der Waals surface area contributed by atoms with Gasteiger partial charge in [0, 0.05) is 24.0 Å². The Balaban J connectivity index is 1.63. The third-order valence-electron chi connectivity index (χ3n) is 4.16. The molecule has 0 atom stereocenters. The fraction of sp³-hybridized carbons (Fsp3) is 0.333. The number of carbonyl (C=O) groups is 2. The summed E-state index contributed by atoms with van der Waals surface area (Å²) in [5.41, 5.74) is 0.458. The molecular weight excluding hydrogens is 374 g/mol. The highest BCUT2D eigenvalue weighted by Crippen LogP contribution is 2.25. The molecule has 0 radical (unpaired) electrons. The first-order valence-corrected chi connectivity index (χ1v) is 10.6. The summed E-state index contributed by atoms with van der Waals surface area (Å²) in [5, 5.41) is 1.44. The van der Waals surface area contributed by atoms with E-state index in [9.17, 15) is 18.0 Å². The summed E-state index contributed by atoms with van der Waals surface area (Å²) in [7, 11) is -3.58. The number of nitrogens with zero attached hydrogens (tertiary/aromatic N) is 1. The van der Waals surface area contributed by atoms with Crippen LogP contribution in [0.1, 0.15) is 39.3 Å². The Morgan fingerprint density at radius 3 is 2.46 bits per heavy atom. The van der Waals surface area contributed by atoms with Gasteiger partial charge in [0.1, 0.15) is 4.88 Å². The first-order valence-electron chi connectivity index (χ1n) is 8.32. The van der Waals surface area contributed by atoms with Crippen LogP contribution in [0.5, 0.6) is 0 Å². The van der Waals surface area contributed by atoms with E-state index in [4.69, 9.17) is 4.74 Å². The Hall–Kier alpha value is -2.03. The first kappa shape index (κ1) is 18.8. The lowest BCUT2D eigenvalue weighted by Gasteiger charge is -2.25. The quantitative estimate of drug-likeness (QED) is 0.557. The number of rotatable bonds is 6. The molecule has 0 spiro atoms. The van der Waals surface area contributed by atoms with Gasteiger partial charge in [-0.2, -0.15) is 4.31 Å². The van der Waals surface area contributed by atoms with Gasteiger partial charge in [-0.15, -0.1) is 11.3 Å². The number of thiophene rings is 1. The SMILES string of the molecule is O=C(COC(=O)c1cc(S(=O)(=O)N2CCCCC2)cs1)c1ccccc1. The zero-order chi connectivity index (χ0) is 18.6. The molecule has 0 N–H and O–H groups in total. The number of esters is 1. The molecule has 3 rings (SSSR count). The highest BCUT2D eigenvalue weighted by Gasteiger charge is 2.28. The maximum absolute atomic E-state index is 12.6. The minimum absolute atomic E-state index is 0.103. The van der Waals surface area contributed by atoms with E-state index in [1.165, 1.54) is 15.8 Å². The number of hydrogen-bond donors (Lipinski definition) is 0. The van der Waals surface area contributed by atoms with Crippen LogP contribution >= 0.6 is 11.3 Å². The van der Waals surface area contributed by atoms with Gasteiger partial charge in [0.2, 0.25) is 10.0 Å². The summed E-state index contributed by atoms with van der Waals surface area (Å²) in [6, 6.07) is 9.86. The van der Waals surface area contributed by atoms with Crippen LogP contribution in [-0.4, -0.2) is 44.2 Å². The summed E-state index contributed by atoms with van der Waals surface area (Å²) in [6.07, 6.45) is 2.72. The smallest absolute Gasteiger partial charge is 0.348 e. The minimum Gasteiger partial charge on any atom is -0.453 e. The third kappa shape index (κ3) is 4.20. The molecule has 0 amide bonds. The van der Waals surface area contributed by atoms with Gasteiger partial charge in [0.15, 0.2) is 12.4 Å².